The van der Waals surface area contributed by atoms with E-state index in [1.54, 1.807) is 19.9 Å². The normalized spacial score (nSPS) is 19.9. The van der Waals surface area contributed by atoms with Crippen LogP contribution in [-0.2, 0) is 23.8 Å². The van der Waals surface area contributed by atoms with Crippen molar-refractivity contribution in [2.75, 3.05) is 33.0 Å². The molecule has 2 saturated heterocycles. The van der Waals surface area contributed by atoms with Crippen LogP contribution in [0.1, 0.15) is 47.0 Å². The number of hydrogen-bond acceptors (Lipinski definition) is 5. The van der Waals surface area contributed by atoms with Crippen LogP contribution in [0.4, 0.5) is 0 Å². The van der Waals surface area contributed by atoms with Crippen LogP contribution >= 0.6 is 0 Å². The Labute approximate surface area is 156 Å². The van der Waals surface area contributed by atoms with E-state index in [0.29, 0.717) is 31.0 Å². The predicted octanol–water partition coefficient (Wildman–Crippen LogP) is 3.37. The minimum Gasteiger partial charge on any atom is -0.478 e. The van der Waals surface area contributed by atoms with Gasteiger partial charge >= 0.3 is 11.9 Å². The number of carboxylic acids is 1. The van der Waals surface area contributed by atoms with Gasteiger partial charge in [0.2, 0.25) is 0 Å². The van der Waals surface area contributed by atoms with E-state index in [0.717, 1.165) is 32.5 Å². The molecule has 148 valence electrons. The van der Waals surface area contributed by atoms with Gasteiger partial charge in [0.05, 0.1) is 31.8 Å². The van der Waals surface area contributed by atoms with Crippen LogP contribution in [-0.4, -0.2) is 50.1 Å². The number of rotatable bonds is 8. The lowest BCUT2D eigenvalue weighted by molar-refractivity contribution is -0.167. The van der Waals surface area contributed by atoms with Gasteiger partial charge in [0.25, 0.3) is 0 Å². The fourth-order valence-corrected chi connectivity index (χ4v) is 2.44. The second-order valence-corrected chi connectivity index (χ2v) is 7.45. The van der Waals surface area contributed by atoms with E-state index >= 15 is 0 Å². The molecule has 2 rings (SSSR count). The van der Waals surface area contributed by atoms with E-state index in [1.807, 2.05) is 0 Å². The van der Waals surface area contributed by atoms with Crippen LogP contribution in [0.2, 0.25) is 0 Å². The molecule has 0 amide bonds. The first-order valence-corrected chi connectivity index (χ1v) is 9.07. The van der Waals surface area contributed by atoms with E-state index in [1.165, 1.54) is 0 Å². The molecule has 0 atom stereocenters. The Kier molecular flexibility index (Phi) is 8.50. The van der Waals surface area contributed by atoms with Gasteiger partial charge < -0.3 is 19.3 Å². The number of allylic oxidation sites excluding steroid dienone is 1. The molecule has 2 aliphatic heterocycles. The smallest absolute Gasteiger partial charge is 0.333 e. The monoisotopic (exact) mass is 368 g/mol. The minimum absolute atomic E-state index is 0.0745. The maximum Gasteiger partial charge on any atom is 0.333 e. The summed E-state index contributed by atoms with van der Waals surface area (Å²) in [6, 6.07) is 0. The summed E-state index contributed by atoms with van der Waals surface area (Å²) in [6.07, 6.45) is 4.66. The van der Waals surface area contributed by atoms with Gasteiger partial charge in [-0.05, 0) is 33.1 Å². The molecule has 0 unspecified atom stereocenters. The van der Waals surface area contributed by atoms with E-state index in [-0.39, 0.29) is 16.8 Å². The Morgan fingerprint density at radius 2 is 1.58 bits per heavy atom. The topological polar surface area (TPSA) is 82.1 Å². The van der Waals surface area contributed by atoms with Crippen LogP contribution in [0.15, 0.2) is 23.8 Å². The highest BCUT2D eigenvalue weighted by Gasteiger charge is 2.38. The zero-order valence-corrected chi connectivity index (χ0v) is 16.4. The van der Waals surface area contributed by atoms with Crippen molar-refractivity contribution in [2.45, 2.75) is 47.0 Å². The lowest BCUT2D eigenvalue weighted by Gasteiger charge is -2.40. The largest absolute Gasteiger partial charge is 0.478 e. The lowest BCUT2D eigenvalue weighted by atomic mass is 9.79. The number of ether oxygens (including phenoxy) is 3. The summed E-state index contributed by atoms with van der Waals surface area (Å²) in [7, 11) is 0. The first-order valence-electron chi connectivity index (χ1n) is 9.07. The standard InChI is InChI=1S/2C10H16O3/c1-4-10(5-12-6-10)7-13-9(11)8(2)3;1-3-10(6-13-7-10)5-4-8(2)9(11)12/h2,4-7H2,1,3H3;4H,3,5-7H2,1-2H3,(H,11,12). The highest BCUT2D eigenvalue weighted by atomic mass is 16.5. The molecular formula is C20H32O6. The van der Waals surface area contributed by atoms with Crippen molar-refractivity contribution in [3.8, 4) is 0 Å². The zero-order valence-electron chi connectivity index (χ0n) is 16.4. The SMILES string of the molecule is C=C(C)C(=O)OCC1(CC)COC1.CCC1(CC=C(C)C(=O)O)COC1. The number of carboxylic acid groups (broad SMARTS) is 1. The average Bonchev–Trinajstić information content (AvgIpc) is 2.53. The molecule has 0 radical (unpaired) electrons. The number of aliphatic carboxylic acids is 1. The molecule has 0 aliphatic carbocycles. The van der Waals surface area contributed by atoms with Gasteiger partial charge in [-0.15, -0.1) is 0 Å². The molecular weight excluding hydrogens is 336 g/mol. The third kappa shape index (κ3) is 6.25. The predicted molar refractivity (Wildman–Crippen MR) is 98.9 cm³/mol. The summed E-state index contributed by atoms with van der Waals surface area (Å²) in [5, 5.41) is 8.64. The first-order chi connectivity index (χ1) is 12.2. The molecule has 26 heavy (non-hydrogen) atoms. The molecule has 6 heteroatoms. The second-order valence-electron chi connectivity index (χ2n) is 7.45. The lowest BCUT2D eigenvalue weighted by Crippen LogP contribution is -2.46. The summed E-state index contributed by atoms with van der Waals surface area (Å²) < 4.78 is 15.3. The van der Waals surface area contributed by atoms with Crippen molar-refractivity contribution >= 4 is 11.9 Å². The van der Waals surface area contributed by atoms with Crippen molar-refractivity contribution in [1.82, 2.24) is 0 Å². The molecule has 0 aromatic heterocycles. The molecule has 1 N–H and O–H groups in total. The summed E-state index contributed by atoms with van der Waals surface area (Å²) in [5.41, 5.74) is 1.17. The summed E-state index contributed by atoms with van der Waals surface area (Å²) in [4.78, 5) is 21.6. The molecule has 0 aromatic rings. The van der Waals surface area contributed by atoms with Crippen molar-refractivity contribution in [2.24, 2.45) is 10.8 Å². The van der Waals surface area contributed by atoms with Gasteiger partial charge in [0.15, 0.2) is 0 Å². The molecule has 2 aliphatic rings. The van der Waals surface area contributed by atoms with Crippen LogP contribution in [0, 0.1) is 10.8 Å². The van der Waals surface area contributed by atoms with Crippen molar-refractivity contribution in [1.29, 1.82) is 0 Å². The quantitative estimate of drug-likeness (QED) is 0.522. The van der Waals surface area contributed by atoms with Crippen molar-refractivity contribution in [3.63, 3.8) is 0 Å². The first kappa shape index (κ1) is 22.4. The van der Waals surface area contributed by atoms with Gasteiger partial charge in [-0.2, -0.15) is 0 Å². The highest BCUT2D eigenvalue weighted by molar-refractivity contribution is 5.87. The Hall–Kier alpha value is -1.66. The van der Waals surface area contributed by atoms with Crippen LogP contribution in [0.25, 0.3) is 0 Å². The average molecular weight is 368 g/mol. The maximum atomic E-state index is 11.1. The third-order valence-electron chi connectivity index (χ3n) is 5.17. The van der Waals surface area contributed by atoms with Gasteiger partial charge in [-0.25, -0.2) is 9.59 Å². The Morgan fingerprint density at radius 1 is 1.08 bits per heavy atom. The van der Waals surface area contributed by atoms with E-state index < -0.39 is 5.97 Å². The molecule has 0 aromatic carbocycles. The second kappa shape index (κ2) is 9.88. The van der Waals surface area contributed by atoms with Crippen LogP contribution < -0.4 is 0 Å². The summed E-state index contributed by atoms with van der Waals surface area (Å²) >= 11 is 0. The summed E-state index contributed by atoms with van der Waals surface area (Å²) in [6.45, 7) is 14.4. The van der Waals surface area contributed by atoms with E-state index in [9.17, 15) is 9.59 Å². The van der Waals surface area contributed by atoms with Crippen LogP contribution in [0.5, 0.6) is 0 Å². The Balaban J connectivity index is 0.000000260. The number of esters is 1. The van der Waals surface area contributed by atoms with Crippen molar-refractivity contribution in [3.05, 3.63) is 23.8 Å². The van der Waals surface area contributed by atoms with E-state index in [4.69, 9.17) is 19.3 Å². The molecule has 0 spiro atoms. The molecule has 0 saturated carbocycles. The number of carbonyl (C=O) groups is 2. The highest BCUT2D eigenvalue weighted by Crippen LogP contribution is 2.35. The van der Waals surface area contributed by atoms with Gasteiger partial charge in [-0.1, -0.05) is 26.5 Å². The molecule has 0 bridgehead atoms. The molecule has 6 nitrogen and oxygen atoms in total. The fourth-order valence-electron chi connectivity index (χ4n) is 2.44. The molecule has 2 fully saturated rings. The van der Waals surface area contributed by atoms with Crippen LogP contribution in [0.3, 0.4) is 0 Å². The zero-order chi connectivity index (χ0) is 19.8. The van der Waals surface area contributed by atoms with E-state index in [2.05, 4.69) is 20.4 Å². The van der Waals surface area contributed by atoms with Gasteiger partial charge in [-0.3, -0.25) is 0 Å². The molecule has 2 heterocycles. The fraction of sp³-hybridized carbons (Fsp3) is 0.700. The van der Waals surface area contributed by atoms with Gasteiger partial charge in [0.1, 0.15) is 6.61 Å². The third-order valence-corrected chi connectivity index (χ3v) is 5.17. The van der Waals surface area contributed by atoms with Gasteiger partial charge in [0, 0.05) is 16.6 Å². The number of hydrogen-bond donors (Lipinski definition) is 1. The Bertz CT molecular complexity index is 529. The van der Waals surface area contributed by atoms with Crippen molar-refractivity contribution < 1.29 is 28.9 Å². The minimum atomic E-state index is -0.827. The number of carbonyl (C=O) groups excluding carboxylic acids is 1. The Morgan fingerprint density at radius 3 is 1.88 bits per heavy atom. The summed E-state index contributed by atoms with van der Waals surface area (Å²) in [5.74, 6) is -1.13. The maximum absolute atomic E-state index is 11.1.